The number of hydrogen-bond donors (Lipinski definition) is 0. The number of carbonyl (C=O) groups excluding carboxylic acids is 1. The Bertz CT molecular complexity index is 374. The lowest BCUT2D eigenvalue weighted by Gasteiger charge is -2.18. The average Bonchev–Trinajstić information content (AvgIpc) is 2.41. The zero-order chi connectivity index (χ0) is 12.7. The first kappa shape index (κ1) is 13.4. The number of esters is 1. The molecular formula is C13H18O4. The van der Waals surface area contributed by atoms with Gasteiger partial charge in [-0.15, -0.1) is 0 Å². The van der Waals surface area contributed by atoms with E-state index in [0.717, 1.165) is 11.3 Å². The van der Waals surface area contributed by atoms with Gasteiger partial charge >= 0.3 is 5.97 Å². The fraction of sp³-hybridized carbons (Fsp3) is 0.462. The van der Waals surface area contributed by atoms with Gasteiger partial charge in [0.1, 0.15) is 13.2 Å². The highest BCUT2D eigenvalue weighted by atomic mass is 16.6. The molecule has 4 nitrogen and oxygen atoms in total. The predicted molar refractivity (Wildman–Crippen MR) is 64.5 cm³/mol. The van der Waals surface area contributed by atoms with E-state index in [1.54, 1.807) is 0 Å². The highest BCUT2D eigenvalue weighted by Crippen LogP contribution is 2.30. The van der Waals surface area contributed by atoms with Crippen molar-refractivity contribution in [2.45, 2.75) is 20.3 Å². The second kappa shape index (κ2) is 6.78. The van der Waals surface area contributed by atoms with Crippen LogP contribution in [0.2, 0.25) is 0 Å². The van der Waals surface area contributed by atoms with E-state index in [2.05, 4.69) is 4.74 Å². The van der Waals surface area contributed by atoms with Crippen LogP contribution in [0.15, 0.2) is 18.2 Å². The monoisotopic (exact) mass is 238 g/mol. The molecule has 1 aliphatic heterocycles. The van der Waals surface area contributed by atoms with Gasteiger partial charge in [0.2, 0.25) is 0 Å². The third-order valence-electron chi connectivity index (χ3n) is 2.18. The Morgan fingerprint density at radius 3 is 2.53 bits per heavy atom. The Balaban J connectivity index is 0.000000686. The summed E-state index contributed by atoms with van der Waals surface area (Å²) in [7, 11) is 1.38. The van der Waals surface area contributed by atoms with Crippen LogP contribution in [-0.4, -0.2) is 26.3 Å². The van der Waals surface area contributed by atoms with Gasteiger partial charge in [0, 0.05) is 0 Å². The molecule has 1 aromatic carbocycles. The molecule has 0 atom stereocenters. The first-order valence-corrected chi connectivity index (χ1v) is 5.75. The molecule has 4 heteroatoms. The molecule has 0 unspecified atom stereocenters. The van der Waals surface area contributed by atoms with E-state index in [1.807, 2.05) is 32.0 Å². The van der Waals surface area contributed by atoms with Crippen LogP contribution >= 0.6 is 0 Å². The fourth-order valence-electron chi connectivity index (χ4n) is 1.44. The average molecular weight is 238 g/mol. The molecule has 0 spiro atoms. The summed E-state index contributed by atoms with van der Waals surface area (Å²) in [5, 5.41) is 0. The maximum atomic E-state index is 11.1. The molecule has 0 radical (unpaired) electrons. The largest absolute Gasteiger partial charge is 0.486 e. The summed E-state index contributed by atoms with van der Waals surface area (Å²) >= 11 is 0. The van der Waals surface area contributed by atoms with Crippen molar-refractivity contribution in [2.24, 2.45) is 0 Å². The minimum absolute atomic E-state index is 0.257. The molecule has 0 amide bonds. The smallest absolute Gasteiger partial charge is 0.309 e. The normalized spacial score (nSPS) is 12.2. The molecule has 1 aliphatic rings. The molecule has 1 aromatic rings. The van der Waals surface area contributed by atoms with Gasteiger partial charge in [0.15, 0.2) is 11.5 Å². The van der Waals surface area contributed by atoms with Crippen molar-refractivity contribution in [1.82, 2.24) is 0 Å². The topological polar surface area (TPSA) is 44.8 Å². The van der Waals surface area contributed by atoms with Crippen molar-refractivity contribution >= 4 is 5.97 Å². The minimum Gasteiger partial charge on any atom is -0.486 e. The molecule has 94 valence electrons. The van der Waals surface area contributed by atoms with Crippen molar-refractivity contribution in [3.05, 3.63) is 23.8 Å². The molecule has 0 fully saturated rings. The van der Waals surface area contributed by atoms with Crippen LogP contribution in [0.5, 0.6) is 11.5 Å². The zero-order valence-electron chi connectivity index (χ0n) is 10.5. The van der Waals surface area contributed by atoms with E-state index in [9.17, 15) is 4.79 Å². The maximum absolute atomic E-state index is 11.1. The van der Waals surface area contributed by atoms with E-state index < -0.39 is 0 Å². The number of fused-ring (bicyclic) bond motifs is 1. The third-order valence-corrected chi connectivity index (χ3v) is 2.18. The van der Waals surface area contributed by atoms with Gasteiger partial charge in [-0.25, -0.2) is 0 Å². The first-order valence-electron chi connectivity index (χ1n) is 5.75. The van der Waals surface area contributed by atoms with Crippen LogP contribution < -0.4 is 9.47 Å². The molecular weight excluding hydrogens is 220 g/mol. The van der Waals surface area contributed by atoms with Gasteiger partial charge in [0.05, 0.1) is 13.5 Å². The van der Waals surface area contributed by atoms with Crippen LogP contribution in [0.3, 0.4) is 0 Å². The van der Waals surface area contributed by atoms with Crippen molar-refractivity contribution in [3.8, 4) is 11.5 Å². The Kier molecular flexibility index (Phi) is 5.33. The first-order chi connectivity index (χ1) is 8.29. The summed E-state index contributed by atoms with van der Waals surface area (Å²) in [6.07, 6.45) is 0.257. The van der Waals surface area contributed by atoms with E-state index in [-0.39, 0.29) is 12.4 Å². The SMILES string of the molecule is CC.COC(=O)Cc1ccc2c(c1)OCCO2. The van der Waals surface area contributed by atoms with Crippen LogP contribution in [0, 0.1) is 0 Å². The second-order valence-electron chi connectivity index (χ2n) is 3.23. The molecule has 0 N–H and O–H groups in total. The molecule has 0 saturated carbocycles. The summed E-state index contributed by atoms with van der Waals surface area (Å²) in [5.74, 6) is 1.17. The molecule has 0 aromatic heterocycles. The molecule has 2 rings (SSSR count). The predicted octanol–water partition coefficient (Wildman–Crippen LogP) is 2.20. The summed E-state index contributed by atoms with van der Waals surface area (Å²) in [5.41, 5.74) is 0.867. The molecule has 17 heavy (non-hydrogen) atoms. The van der Waals surface area contributed by atoms with Gasteiger partial charge in [-0.3, -0.25) is 4.79 Å². The van der Waals surface area contributed by atoms with Gasteiger partial charge in [-0.2, -0.15) is 0 Å². The highest BCUT2D eigenvalue weighted by Gasteiger charge is 2.12. The Morgan fingerprint density at radius 2 is 1.88 bits per heavy atom. The van der Waals surface area contributed by atoms with Crippen molar-refractivity contribution in [1.29, 1.82) is 0 Å². The molecule has 0 aliphatic carbocycles. The van der Waals surface area contributed by atoms with Gasteiger partial charge < -0.3 is 14.2 Å². The Labute approximate surface area is 101 Å². The quantitative estimate of drug-likeness (QED) is 0.741. The Morgan fingerprint density at radius 1 is 1.24 bits per heavy atom. The number of carbonyl (C=O) groups is 1. The summed E-state index contributed by atoms with van der Waals surface area (Å²) in [6.45, 7) is 5.12. The lowest BCUT2D eigenvalue weighted by Crippen LogP contribution is -2.15. The fourth-order valence-corrected chi connectivity index (χ4v) is 1.44. The highest BCUT2D eigenvalue weighted by molar-refractivity contribution is 5.72. The van der Waals surface area contributed by atoms with Crippen LogP contribution in [0.4, 0.5) is 0 Å². The number of methoxy groups -OCH3 is 1. The van der Waals surface area contributed by atoms with Crippen molar-refractivity contribution in [2.75, 3.05) is 20.3 Å². The number of rotatable bonds is 2. The summed E-state index contributed by atoms with van der Waals surface area (Å²) in [6, 6.07) is 5.46. The zero-order valence-corrected chi connectivity index (χ0v) is 10.5. The van der Waals surface area contributed by atoms with Crippen LogP contribution in [0.25, 0.3) is 0 Å². The van der Waals surface area contributed by atoms with E-state index in [1.165, 1.54) is 7.11 Å². The third kappa shape index (κ3) is 3.66. The van der Waals surface area contributed by atoms with Gasteiger partial charge in [-0.05, 0) is 17.7 Å². The van der Waals surface area contributed by atoms with E-state index in [4.69, 9.17) is 9.47 Å². The van der Waals surface area contributed by atoms with Gasteiger partial charge in [-0.1, -0.05) is 19.9 Å². The molecule has 1 heterocycles. The lowest BCUT2D eigenvalue weighted by atomic mass is 10.1. The minimum atomic E-state index is -0.258. The van der Waals surface area contributed by atoms with E-state index in [0.29, 0.717) is 19.0 Å². The number of benzene rings is 1. The van der Waals surface area contributed by atoms with Crippen LogP contribution in [-0.2, 0) is 16.0 Å². The van der Waals surface area contributed by atoms with Crippen molar-refractivity contribution < 1.29 is 19.0 Å². The standard InChI is InChI=1S/C11H12O4.C2H6/c1-13-11(12)7-8-2-3-9-10(6-8)15-5-4-14-9;1-2/h2-3,6H,4-5,7H2,1H3;1-2H3. The molecule has 0 bridgehead atoms. The summed E-state index contributed by atoms with van der Waals surface area (Å²) < 4.78 is 15.4. The molecule has 0 saturated heterocycles. The second-order valence-corrected chi connectivity index (χ2v) is 3.23. The lowest BCUT2D eigenvalue weighted by molar-refractivity contribution is -0.139. The van der Waals surface area contributed by atoms with E-state index >= 15 is 0 Å². The van der Waals surface area contributed by atoms with Crippen molar-refractivity contribution in [3.63, 3.8) is 0 Å². The number of hydrogen-bond acceptors (Lipinski definition) is 4. The van der Waals surface area contributed by atoms with Crippen LogP contribution in [0.1, 0.15) is 19.4 Å². The Hall–Kier alpha value is -1.71. The summed E-state index contributed by atoms with van der Waals surface area (Å²) in [4.78, 5) is 11.1. The maximum Gasteiger partial charge on any atom is 0.309 e. The van der Waals surface area contributed by atoms with Gasteiger partial charge in [0.25, 0.3) is 0 Å². The number of ether oxygens (including phenoxy) is 3.